The Kier molecular flexibility index (Phi) is 3.88. The zero-order chi connectivity index (χ0) is 13.3. The summed E-state index contributed by atoms with van der Waals surface area (Å²) in [7, 11) is -3.45. The van der Waals surface area contributed by atoms with Crippen LogP contribution in [0.15, 0.2) is 29.2 Å². The lowest BCUT2D eigenvalue weighted by molar-refractivity contribution is -0.0556. The molecule has 1 N–H and O–H groups in total. The molecule has 3 nitrogen and oxygen atoms in total. The van der Waals surface area contributed by atoms with Crippen LogP contribution in [0, 0.1) is 0 Å². The van der Waals surface area contributed by atoms with Gasteiger partial charge in [-0.2, -0.15) is 8.78 Å². The Hall–Kier alpha value is -1.01. The molecule has 0 atom stereocenters. The maximum absolute atomic E-state index is 13.1. The molecule has 6 heteroatoms. The molecule has 0 amide bonds. The number of alkyl halides is 2. The first-order chi connectivity index (χ1) is 7.71. The van der Waals surface area contributed by atoms with Crippen molar-refractivity contribution in [2.75, 3.05) is 6.61 Å². The summed E-state index contributed by atoms with van der Waals surface area (Å²) in [6.45, 7) is 1.74. The number of aliphatic hydroxyl groups is 1. The smallest absolute Gasteiger partial charge is 0.295 e. The predicted molar refractivity (Wildman–Crippen MR) is 59.7 cm³/mol. The number of rotatable bonds is 4. The molecule has 0 saturated heterocycles. The van der Waals surface area contributed by atoms with E-state index in [2.05, 4.69) is 0 Å². The van der Waals surface area contributed by atoms with Gasteiger partial charge in [-0.3, -0.25) is 0 Å². The van der Waals surface area contributed by atoms with Crippen LogP contribution in [-0.4, -0.2) is 25.4 Å². The SMILES string of the molecule is CC(C)S(=O)(=O)c1ccc(C(F)(F)CO)cc1. The summed E-state index contributed by atoms with van der Waals surface area (Å²) in [5.74, 6) is -3.35. The van der Waals surface area contributed by atoms with E-state index >= 15 is 0 Å². The molecule has 0 radical (unpaired) electrons. The minimum absolute atomic E-state index is 0.00462. The van der Waals surface area contributed by atoms with Crippen LogP contribution in [0.4, 0.5) is 8.78 Å². The molecule has 1 aromatic rings. The molecule has 0 heterocycles. The van der Waals surface area contributed by atoms with Crippen LogP contribution < -0.4 is 0 Å². The van der Waals surface area contributed by atoms with E-state index in [1.54, 1.807) is 0 Å². The van der Waals surface area contributed by atoms with Gasteiger partial charge in [-0.1, -0.05) is 12.1 Å². The predicted octanol–water partition coefficient (Wildman–Crippen LogP) is 1.95. The fraction of sp³-hybridized carbons (Fsp3) is 0.455. The van der Waals surface area contributed by atoms with E-state index in [-0.39, 0.29) is 4.90 Å². The molecule has 17 heavy (non-hydrogen) atoms. The average Bonchev–Trinajstić information content (AvgIpc) is 2.29. The van der Waals surface area contributed by atoms with Gasteiger partial charge in [0.05, 0.1) is 10.1 Å². The van der Waals surface area contributed by atoms with Crippen molar-refractivity contribution in [2.45, 2.75) is 29.9 Å². The van der Waals surface area contributed by atoms with Gasteiger partial charge in [0.1, 0.15) is 6.61 Å². The van der Waals surface area contributed by atoms with Crippen molar-refractivity contribution < 1.29 is 22.3 Å². The van der Waals surface area contributed by atoms with Gasteiger partial charge >= 0.3 is 0 Å². The molecule has 0 aliphatic carbocycles. The number of benzene rings is 1. The molecule has 96 valence electrons. The molecule has 0 saturated carbocycles. The molecule has 0 aliphatic heterocycles. The van der Waals surface area contributed by atoms with Crippen molar-refractivity contribution in [1.82, 2.24) is 0 Å². The van der Waals surface area contributed by atoms with Gasteiger partial charge in [0.25, 0.3) is 5.92 Å². The van der Waals surface area contributed by atoms with Crippen LogP contribution in [0.1, 0.15) is 19.4 Å². The Labute approximate surface area is 99.0 Å². The quantitative estimate of drug-likeness (QED) is 0.904. The topological polar surface area (TPSA) is 54.4 Å². The molecule has 0 fully saturated rings. The van der Waals surface area contributed by atoms with Crippen molar-refractivity contribution in [3.63, 3.8) is 0 Å². The third-order valence-corrected chi connectivity index (χ3v) is 4.59. The first kappa shape index (κ1) is 14.1. The molecule has 1 rings (SSSR count). The third kappa shape index (κ3) is 2.81. The second-order valence-electron chi connectivity index (χ2n) is 3.98. The Morgan fingerprint density at radius 1 is 1.24 bits per heavy atom. The van der Waals surface area contributed by atoms with E-state index in [0.717, 1.165) is 24.3 Å². The molecule has 0 aliphatic rings. The van der Waals surface area contributed by atoms with Crippen molar-refractivity contribution in [2.24, 2.45) is 0 Å². The minimum atomic E-state index is -3.45. The molecule has 0 spiro atoms. The highest BCUT2D eigenvalue weighted by atomic mass is 32.2. The highest BCUT2D eigenvalue weighted by Crippen LogP contribution is 2.28. The lowest BCUT2D eigenvalue weighted by atomic mass is 10.1. The van der Waals surface area contributed by atoms with Crippen LogP contribution in [0.2, 0.25) is 0 Å². The summed E-state index contributed by atoms with van der Waals surface area (Å²) in [4.78, 5) is 0.00462. The molecule has 1 aromatic carbocycles. The summed E-state index contributed by atoms with van der Waals surface area (Å²) >= 11 is 0. The molecule has 0 bridgehead atoms. The number of hydrogen-bond donors (Lipinski definition) is 1. The number of hydrogen-bond acceptors (Lipinski definition) is 3. The zero-order valence-corrected chi connectivity index (χ0v) is 10.3. The number of halogens is 2. The minimum Gasteiger partial charge on any atom is -0.390 e. The van der Waals surface area contributed by atoms with Gasteiger partial charge in [0.15, 0.2) is 9.84 Å². The Bertz CT molecular complexity index is 478. The van der Waals surface area contributed by atoms with E-state index in [1.807, 2.05) is 0 Å². The van der Waals surface area contributed by atoms with Gasteiger partial charge in [-0.05, 0) is 26.0 Å². The van der Waals surface area contributed by atoms with Crippen LogP contribution in [0.5, 0.6) is 0 Å². The highest BCUT2D eigenvalue weighted by Gasteiger charge is 2.30. The van der Waals surface area contributed by atoms with E-state index in [4.69, 9.17) is 5.11 Å². The van der Waals surface area contributed by atoms with E-state index in [9.17, 15) is 17.2 Å². The highest BCUT2D eigenvalue weighted by molar-refractivity contribution is 7.92. The molecule has 0 unspecified atom stereocenters. The van der Waals surface area contributed by atoms with Gasteiger partial charge < -0.3 is 5.11 Å². The monoisotopic (exact) mass is 264 g/mol. The second-order valence-corrected chi connectivity index (χ2v) is 6.48. The second kappa shape index (κ2) is 4.70. The van der Waals surface area contributed by atoms with Crippen LogP contribution in [0.3, 0.4) is 0 Å². The molecular weight excluding hydrogens is 250 g/mol. The van der Waals surface area contributed by atoms with Gasteiger partial charge in [-0.15, -0.1) is 0 Å². The van der Waals surface area contributed by atoms with Crippen molar-refractivity contribution in [3.8, 4) is 0 Å². The maximum atomic E-state index is 13.1. The summed E-state index contributed by atoms with van der Waals surface area (Å²) in [6.07, 6.45) is 0. The Balaban J connectivity index is 3.14. The van der Waals surface area contributed by atoms with Crippen molar-refractivity contribution in [3.05, 3.63) is 29.8 Å². The Morgan fingerprint density at radius 2 is 1.71 bits per heavy atom. The van der Waals surface area contributed by atoms with Gasteiger partial charge in [0, 0.05) is 5.56 Å². The lowest BCUT2D eigenvalue weighted by Gasteiger charge is -2.14. The summed E-state index contributed by atoms with van der Waals surface area (Å²) < 4.78 is 49.6. The molecular formula is C11H14F2O3S. The van der Waals surface area contributed by atoms with Crippen LogP contribution in [-0.2, 0) is 15.8 Å². The maximum Gasteiger partial charge on any atom is 0.295 e. The Morgan fingerprint density at radius 3 is 2.06 bits per heavy atom. The third-order valence-electron chi connectivity index (χ3n) is 2.42. The fourth-order valence-electron chi connectivity index (χ4n) is 1.25. The van der Waals surface area contributed by atoms with Crippen molar-refractivity contribution >= 4 is 9.84 Å². The van der Waals surface area contributed by atoms with E-state index in [1.165, 1.54) is 13.8 Å². The first-order valence-electron chi connectivity index (χ1n) is 5.05. The van der Waals surface area contributed by atoms with E-state index in [0.29, 0.717) is 0 Å². The standard InChI is InChI=1S/C11H14F2O3S/c1-8(2)17(15,16)10-5-3-9(4-6-10)11(12,13)7-14/h3-6,8,14H,7H2,1-2H3. The van der Waals surface area contributed by atoms with Crippen LogP contribution >= 0.6 is 0 Å². The summed E-state index contributed by atoms with van der Waals surface area (Å²) in [6, 6.07) is 4.30. The molecule has 0 aromatic heterocycles. The first-order valence-corrected chi connectivity index (χ1v) is 6.59. The normalized spacial score (nSPS) is 13.1. The van der Waals surface area contributed by atoms with Crippen molar-refractivity contribution in [1.29, 1.82) is 0 Å². The largest absolute Gasteiger partial charge is 0.390 e. The number of sulfone groups is 1. The summed E-state index contributed by atoms with van der Waals surface area (Å²) in [5, 5.41) is 7.89. The van der Waals surface area contributed by atoms with Gasteiger partial charge in [0.2, 0.25) is 0 Å². The zero-order valence-electron chi connectivity index (χ0n) is 9.52. The summed E-state index contributed by atoms with van der Waals surface area (Å²) in [5.41, 5.74) is -0.400. The lowest BCUT2D eigenvalue weighted by Crippen LogP contribution is -2.19. The average molecular weight is 264 g/mol. The van der Waals surface area contributed by atoms with Gasteiger partial charge in [-0.25, -0.2) is 8.42 Å². The number of aliphatic hydroxyl groups excluding tert-OH is 1. The fourth-order valence-corrected chi connectivity index (χ4v) is 2.31. The van der Waals surface area contributed by atoms with Crippen LogP contribution in [0.25, 0.3) is 0 Å². The van der Waals surface area contributed by atoms with E-state index < -0.39 is 33.2 Å².